The van der Waals surface area contributed by atoms with Gasteiger partial charge in [0.1, 0.15) is 5.82 Å². The zero-order valence-corrected chi connectivity index (χ0v) is 9.44. The average Bonchev–Trinajstić information content (AvgIpc) is 2.03. The molecule has 0 amide bonds. The normalized spacial score (nSPS) is 35.1. The minimum Gasteiger partial charge on any atom is -0.449 e. The second-order valence-electron chi connectivity index (χ2n) is 5.73. The second-order valence-corrected chi connectivity index (χ2v) is 5.73. The van der Waals surface area contributed by atoms with Gasteiger partial charge in [-0.1, -0.05) is 42.3 Å². The molecule has 2 bridgehead atoms. The van der Waals surface area contributed by atoms with E-state index in [4.69, 9.17) is 0 Å². The molecule has 1 aromatic rings. The SMILES string of the molecule is Cc1ccc(F)c(C23CC([B-](F)(F)F)(C2)C3)c1. The van der Waals surface area contributed by atoms with Gasteiger partial charge >= 0.3 is 6.98 Å². The van der Waals surface area contributed by atoms with E-state index in [0.29, 0.717) is 5.56 Å². The van der Waals surface area contributed by atoms with Crippen LogP contribution in [0.25, 0.3) is 0 Å². The summed E-state index contributed by atoms with van der Waals surface area (Å²) in [6, 6.07) is 4.70. The van der Waals surface area contributed by atoms with Crippen molar-refractivity contribution in [3.63, 3.8) is 0 Å². The minimum atomic E-state index is -4.78. The van der Waals surface area contributed by atoms with E-state index in [1.807, 2.05) is 6.92 Å². The van der Waals surface area contributed by atoms with E-state index in [1.54, 1.807) is 12.1 Å². The van der Waals surface area contributed by atoms with Gasteiger partial charge in [-0.15, -0.1) is 0 Å². The van der Waals surface area contributed by atoms with Gasteiger partial charge in [0.25, 0.3) is 0 Å². The Hall–Kier alpha value is -0.995. The molecule has 92 valence electrons. The van der Waals surface area contributed by atoms with Gasteiger partial charge in [-0.25, -0.2) is 4.39 Å². The molecule has 3 saturated carbocycles. The monoisotopic (exact) mass is 243 g/mol. The lowest BCUT2D eigenvalue weighted by Gasteiger charge is -2.75. The Balaban J connectivity index is 1.89. The van der Waals surface area contributed by atoms with Crippen molar-refractivity contribution in [2.75, 3.05) is 0 Å². The van der Waals surface area contributed by atoms with Crippen LogP contribution >= 0.6 is 0 Å². The third-order valence-corrected chi connectivity index (χ3v) is 4.46. The van der Waals surface area contributed by atoms with Crippen LogP contribution in [0.2, 0.25) is 5.31 Å². The number of hydrogen-bond donors (Lipinski definition) is 0. The topological polar surface area (TPSA) is 0 Å². The molecule has 3 aliphatic rings. The predicted molar refractivity (Wildman–Crippen MR) is 58.4 cm³/mol. The van der Waals surface area contributed by atoms with Crippen molar-refractivity contribution < 1.29 is 17.3 Å². The van der Waals surface area contributed by atoms with Crippen molar-refractivity contribution >= 4 is 6.98 Å². The highest BCUT2D eigenvalue weighted by Gasteiger charge is 2.74. The summed E-state index contributed by atoms with van der Waals surface area (Å²) in [5.41, 5.74) is 0.866. The highest BCUT2D eigenvalue weighted by molar-refractivity contribution is 6.63. The second kappa shape index (κ2) is 2.87. The molecule has 0 radical (unpaired) electrons. The van der Waals surface area contributed by atoms with Gasteiger partial charge < -0.3 is 12.9 Å². The summed E-state index contributed by atoms with van der Waals surface area (Å²) >= 11 is 0. The molecule has 0 N–H and O–H groups in total. The summed E-state index contributed by atoms with van der Waals surface area (Å²) in [5, 5.41) is -1.45. The minimum absolute atomic E-state index is 0.0872. The molecule has 0 unspecified atom stereocenters. The molecule has 1 aromatic carbocycles. The Morgan fingerprint density at radius 3 is 2.24 bits per heavy atom. The molecular formula is C12H12BF4-. The first kappa shape index (κ1) is 11.1. The van der Waals surface area contributed by atoms with E-state index in [0.717, 1.165) is 5.56 Å². The first-order valence-electron chi connectivity index (χ1n) is 5.74. The summed E-state index contributed by atoms with van der Waals surface area (Å²) in [4.78, 5) is 0. The number of hydrogen-bond acceptors (Lipinski definition) is 0. The summed E-state index contributed by atoms with van der Waals surface area (Å²) in [7, 11) is 0. The molecule has 0 heterocycles. The quantitative estimate of drug-likeness (QED) is 0.540. The van der Waals surface area contributed by atoms with Crippen LogP contribution in [0.5, 0.6) is 0 Å². The van der Waals surface area contributed by atoms with Crippen LogP contribution < -0.4 is 0 Å². The lowest BCUT2D eigenvalue weighted by Crippen LogP contribution is -2.67. The fourth-order valence-corrected chi connectivity index (χ4v) is 3.54. The van der Waals surface area contributed by atoms with Crippen LogP contribution in [0.3, 0.4) is 0 Å². The Labute approximate surface area is 97.1 Å². The molecule has 3 fully saturated rings. The fourth-order valence-electron chi connectivity index (χ4n) is 3.54. The van der Waals surface area contributed by atoms with Crippen molar-refractivity contribution in [2.45, 2.75) is 36.9 Å². The van der Waals surface area contributed by atoms with Crippen LogP contribution in [0, 0.1) is 12.7 Å². The van der Waals surface area contributed by atoms with E-state index in [9.17, 15) is 17.3 Å². The van der Waals surface area contributed by atoms with E-state index in [-0.39, 0.29) is 25.1 Å². The molecule has 0 spiro atoms. The zero-order chi connectivity index (χ0) is 12.5. The molecular weight excluding hydrogens is 231 g/mol. The Kier molecular flexibility index (Phi) is 1.88. The molecule has 0 saturated heterocycles. The van der Waals surface area contributed by atoms with Crippen molar-refractivity contribution in [3.8, 4) is 0 Å². The van der Waals surface area contributed by atoms with Crippen molar-refractivity contribution in [3.05, 3.63) is 35.1 Å². The molecule has 0 atom stereocenters. The fraction of sp³-hybridized carbons (Fsp3) is 0.500. The number of halogens is 4. The van der Waals surface area contributed by atoms with Crippen molar-refractivity contribution in [1.29, 1.82) is 0 Å². The Bertz CT molecular complexity index is 472. The summed E-state index contributed by atoms with van der Waals surface area (Å²) in [5.74, 6) is -0.362. The first-order chi connectivity index (χ1) is 7.78. The van der Waals surface area contributed by atoms with Gasteiger partial charge in [0.15, 0.2) is 0 Å². The van der Waals surface area contributed by atoms with E-state index in [1.165, 1.54) is 6.07 Å². The van der Waals surface area contributed by atoms with E-state index in [2.05, 4.69) is 0 Å². The predicted octanol–water partition coefficient (Wildman–Crippen LogP) is 4.16. The summed E-state index contributed by atoms with van der Waals surface area (Å²) in [6.07, 6.45) is 0.262. The summed E-state index contributed by atoms with van der Waals surface area (Å²) in [6.45, 7) is -2.94. The summed E-state index contributed by atoms with van der Waals surface area (Å²) < 4.78 is 51.9. The number of rotatable bonds is 2. The molecule has 3 aliphatic carbocycles. The van der Waals surface area contributed by atoms with Crippen molar-refractivity contribution in [2.24, 2.45) is 0 Å². The molecule has 0 aliphatic heterocycles. The molecule has 0 nitrogen and oxygen atoms in total. The zero-order valence-electron chi connectivity index (χ0n) is 9.44. The van der Waals surface area contributed by atoms with Crippen LogP contribution in [0.15, 0.2) is 18.2 Å². The Morgan fingerprint density at radius 1 is 1.12 bits per heavy atom. The standard InChI is InChI=1S/C12H12BF4/c1-8-2-3-10(14)9(4-8)11-5-12(6-11,7-11)13(15,16)17/h2-4H,5-7H2,1H3/q-1. The molecule has 0 aromatic heterocycles. The van der Waals surface area contributed by atoms with Crippen LogP contribution in [-0.2, 0) is 5.41 Å². The van der Waals surface area contributed by atoms with E-state index >= 15 is 0 Å². The van der Waals surface area contributed by atoms with Crippen LogP contribution in [-0.4, -0.2) is 6.98 Å². The Morgan fingerprint density at radius 2 is 1.71 bits per heavy atom. The molecule has 5 heteroatoms. The number of aryl methyl sites for hydroxylation is 1. The third kappa shape index (κ3) is 1.25. The highest BCUT2D eigenvalue weighted by atomic mass is 19.4. The third-order valence-electron chi connectivity index (χ3n) is 4.46. The van der Waals surface area contributed by atoms with Gasteiger partial charge in [0.2, 0.25) is 0 Å². The number of benzene rings is 1. The van der Waals surface area contributed by atoms with Gasteiger partial charge in [-0.2, -0.15) is 0 Å². The van der Waals surface area contributed by atoms with Crippen LogP contribution in [0.1, 0.15) is 30.4 Å². The van der Waals surface area contributed by atoms with Gasteiger partial charge in [-0.3, -0.25) is 0 Å². The molecule has 17 heavy (non-hydrogen) atoms. The lowest BCUT2D eigenvalue weighted by atomic mass is 9.23. The van der Waals surface area contributed by atoms with Gasteiger partial charge in [-0.05, 0) is 24.0 Å². The maximum Gasteiger partial charge on any atom is 0.484 e. The maximum atomic E-state index is 13.7. The maximum absolute atomic E-state index is 13.7. The largest absolute Gasteiger partial charge is 0.484 e. The van der Waals surface area contributed by atoms with E-state index < -0.39 is 17.7 Å². The highest BCUT2D eigenvalue weighted by Crippen LogP contribution is 2.82. The average molecular weight is 243 g/mol. The molecule has 4 rings (SSSR count). The van der Waals surface area contributed by atoms with Gasteiger partial charge in [0, 0.05) is 0 Å². The van der Waals surface area contributed by atoms with Crippen molar-refractivity contribution in [1.82, 2.24) is 0 Å². The first-order valence-corrected chi connectivity index (χ1v) is 5.74. The van der Waals surface area contributed by atoms with Crippen LogP contribution in [0.4, 0.5) is 17.3 Å². The smallest absolute Gasteiger partial charge is 0.449 e. The lowest BCUT2D eigenvalue weighted by molar-refractivity contribution is -0.0424. The van der Waals surface area contributed by atoms with Gasteiger partial charge in [0.05, 0.1) is 0 Å².